The number of hydrogen-bond acceptors (Lipinski definition) is 2. The monoisotopic (exact) mass is 406 g/mol. The Morgan fingerprint density at radius 2 is 1.78 bits per heavy atom. The number of rotatable bonds is 6. The lowest BCUT2D eigenvalue weighted by Gasteiger charge is -2.29. The van der Waals surface area contributed by atoms with Crippen molar-refractivity contribution in [3.63, 3.8) is 0 Å². The third-order valence-corrected chi connectivity index (χ3v) is 5.20. The Morgan fingerprint density at radius 3 is 2.41 bits per heavy atom. The van der Waals surface area contributed by atoms with Gasteiger partial charge in [-0.15, -0.1) is 0 Å². The van der Waals surface area contributed by atoms with Crippen molar-refractivity contribution >= 4 is 35.0 Å². The van der Waals surface area contributed by atoms with Crippen molar-refractivity contribution < 1.29 is 9.59 Å². The van der Waals surface area contributed by atoms with Crippen molar-refractivity contribution in [1.82, 2.24) is 10.2 Å². The molecule has 0 fully saturated rings. The Labute approximate surface area is 170 Å². The maximum Gasteiger partial charge on any atom is 0.242 e. The summed E-state index contributed by atoms with van der Waals surface area (Å²) in [5, 5.41) is 3.60. The predicted octanol–water partition coefficient (Wildman–Crippen LogP) is 4.32. The van der Waals surface area contributed by atoms with Crippen molar-refractivity contribution in [3.05, 3.63) is 68.7 Å². The summed E-state index contributed by atoms with van der Waals surface area (Å²) < 4.78 is 0. The molecule has 0 aliphatic carbocycles. The van der Waals surface area contributed by atoms with Gasteiger partial charge < -0.3 is 10.2 Å². The number of nitrogens with zero attached hydrogens (tertiary/aromatic N) is 1. The highest BCUT2D eigenvalue weighted by Gasteiger charge is 2.26. The predicted molar refractivity (Wildman–Crippen MR) is 110 cm³/mol. The number of nitrogens with one attached hydrogen (secondary N) is 1. The van der Waals surface area contributed by atoms with E-state index in [0.717, 1.165) is 22.3 Å². The normalized spacial score (nSPS) is 11.8. The molecular formula is C21H24Cl2N2O2. The minimum atomic E-state index is -0.626. The van der Waals surface area contributed by atoms with Gasteiger partial charge in [-0.1, -0.05) is 53.0 Å². The molecule has 1 unspecified atom stereocenters. The number of halogens is 2. The lowest BCUT2D eigenvalue weighted by atomic mass is 10.0. The summed E-state index contributed by atoms with van der Waals surface area (Å²) in [6, 6.07) is 10.5. The number of carbonyl (C=O) groups is 2. The molecule has 2 amide bonds. The third-order valence-electron chi connectivity index (χ3n) is 4.62. The van der Waals surface area contributed by atoms with E-state index >= 15 is 0 Å². The summed E-state index contributed by atoms with van der Waals surface area (Å²) in [6.45, 7) is 5.91. The van der Waals surface area contributed by atoms with Gasteiger partial charge >= 0.3 is 0 Å². The van der Waals surface area contributed by atoms with Crippen LogP contribution in [0.1, 0.15) is 29.2 Å². The number of amides is 2. The summed E-state index contributed by atoms with van der Waals surface area (Å²) in [7, 11) is 1.56. The molecule has 0 saturated carbocycles. The van der Waals surface area contributed by atoms with Gasteiger partial charge in [0.2, 0.25) is 11.8 Å². The van der Waals surface area contributed by atoms with E-state index in [1.807, 2.05) is 32.0 Å². The second-order valence-electron chi connectivity index (χ2n) is 6.65. The van der Waals surface area contributed by atoms with E-state index in [1.165, 1.54) is 0 Å². The molecule has 144 valence electrons. The lowest BCUT2D eigenvalue weighted by molar-refractivity contribution is -0.139. The molecule has 27 heavy (non-hydrogen) atoms. The Hall–Kier alpha value is -2.04. The smallest absolute Gasteiger partial charge is 0.242 e. The highest BCUT2D eigenvalue weighted by Crippen LogP contribution is 2.24. The number of hydrogen-bond donors (Lipinski definition) is 1. The van der Waals surface area contributed by atoms with Gasteiger partial charge in [-0.05, 0) is 49.6 Å². The largest absolute Gasteiger partial charge is 0.357 e. The fraction of sp³-hybridized carbons (Fsp3) is 0.333. The van der Waals surface area contributed by atoms with Gasteiger partial charge in [-0.25, -0.2) is 0 Å². The van der Waals surface area contributed by atoms with Gasteiger partial charge in [-0.3, -0.25) is 9.59 Å². The molecule has 2 aromatic rings. The quantitative estimate of drug-likeness (QED) is 0.776. The van der Waals surface area contributed by atoms with E-state index in [9.17, 15) is 9.59 Å². The summed E-state index contributed by atoms with van der Waals surface area (Å²) in [4.78, 5) is 26.9. The zero-order valence-electron chi connectivity index (χ0n) is 16.0. The van der Waals surface area contributed by atoms with E-state index in [-0.39, 0.29) is 24.8 Å². The summed E-state index contributed by atoms with van der Waals surface area (Å²) in [6.07, 6.45) is 0.222. The average Bonchev–Trinajstić information content (AvgIpc) is 2.62. The molecule has 0 aliphatic rings. The standard InChI is InChI=1S/C21H24Cl2N2O2/c1-13-5-6-14(2)17(9-13)10-20(26)25(15(3)21(27)24-4)12-16-7-8-18(22)11-19(16)23/h5-9,11,15H,10,12H2,1-4H3,(H,24,27). The zero-order chi connectivity index (χ0) is 20.1. The minimum Gasteiger partial charge on any atom is -0.357 e. The molecule has 0 aliphatic heterocycles. The molecule has 0 aromatic heterocycles. The molecule has 2 aromatic carbocycles. The van der Waals surface area contributed by atoms with Gasteiger partial charge in [-0.2, -0.15) is 0 Å². The Bertz CT molecular complexity index is 852. The van der Waals surface area contributed by atoms with Crippen molar-refractivity contribution in [3.8, 4) is 0 Å². The van der Waals surface area contributed by atoms with Crippen LogP contribution in [0.2, 0.25) is 10.0 Å². The van der Waals surface area contributed by atoms with E-state index in [4.69, 9.17) is 23.2 Å². The summed E-state index contributed by atoms with van der Waals surface area (Å²) >= 11 is 12.2. The molecule has 0 bridgehead atoms. The first-order valence-electron chi connectivity index (χ1n) is 8.74. The molecule has 0 saturated heterocycles. The van der Waals surface area contributed by atoms with Crippen LogP contribution in [0.25, 0.3) is 0 Å². The van der Waals surface area contributed by atoms with Crippen LogP contribution in [0.5, 0.6) is 0 Å². The lowest BCUT2D eigenvalue weighted by Crippen LogP contribution is -2.47. The minimum absolute atomic E-state index is 0.134. The number of benzene rings is 2. The van der Waals surface area contributed by atoms with Gasteiger partial charge in [0.25, 0.3) is 0 Å². The maximum absolute atomic E-state index is 13.1. The Kier molecular flexibility index (Phi) is 7.28. The molecule has 0 spiro atoms. The molecule has 4 nitrogen and oxygen atoms in total. The van der Waals surface area contributed by atoms with Crippen LogP contribution in [-0.2, 0) is 22.6 Å². The van der Waals surface area contributed by atoms with Gasteiger partial charge in [0.15, 0.2) is 0 Å². The van der Waals surface area contributed by atoms with Crippen molar-refractivity contribution in [2.75, 3.05) is 7.05 Å². The molecule has 0 radical (unpaired) electrons. The number of aryl methyl sites for hydroxylation is 2. The van der Waals surface area contributed by atoms with Crippen molar-refractivity contribution in [2.45, 2.75) is 39.8 Å². The first-order valence-corrected chi connectivity index (χ1v) is 9.49. The van der Waals surface area contributed by atoms with E-state index in [1.54, 1.807) is 37.1 Å². The van der Waals surface area contributed by atoms with Crippen LogP contribution >= 0.6 is 23.2 Å². The number of likely N-dealkylation sites (N-methyl/N-ethyl adjacent to an activating group) is 1. The van der Waals surface area contributed by atoms with E-state index in [0.29, 0.717) is 10.0 Å². The average molecular weight is 407 g/mol. The molecular weight excluding hydrogens is 383 g/mol. The van der Waals surface area contributed by atoms with Gasteiger partial charge in [0.05, 0.1) is 6.42 Å². The Balaban J connectivity index is 2.32. The second kappa shape index (κ2) is 9.25. The maximum atomic E-state index is 13.1. The van der Waals surface area contributed by atoms with E-state index < -0.39 is 6.04 Å². The fourth-order valence-corrected chi connectivity index (χ4v) is 3.35. The van der Waals surface area contributed by atoms with Gasteiger partial charge in [0.1, 0.15) is 6.04 Å². The van der Waals surface area contributed by atoms with Crippen LogP contribution in [0, 0.1) is 13.8 Å². The topological polar surface area (TPSA) is 49.4 Å². The van der Waals surface area contributed by atoms with Crippen LogP contribution in [0.15, 0.2) is 36.4 Å². The van der Waals surface area contributed by atoms with Crippen molar-refractivity contribution in [1.29, 1.82) is 0 Å². The zero-order valence-corrected chi connectivity index (χ0v) is 17.5. The van der Waals surface area contributed by atoms with Crippen LogP contribution < -0.4 is 5.32 Å². The first-order chi connectivity index (χ1) is 12.7. The molecule has 6 heteroatoms. The molecule has 1 N–H and O–H groups in total. The highest BCUT2D eigenvalue weighted by molar-refractivity contribution is 6.35. The Morgan fingerprint density at radius 1 is 1.07 bits per heavy atom. The number of carbonyl (C=O) groups excluding carboxylic acids is 2. The molecule has 2 rings (SSSR count). The summed E-state index contributed by atoms with van der Waals surface area (Å²) in [5.41, 5.74) is 3.84. The van der Waals surface area contributed by atoms with Crippen LogP contribution in [-0.4, -0.2) is 29.8 Å². The van der Waals surface area contributed by atoms with Gasteiger partial charge in [0, 0.05) is 23.6 Å². The van der Waals surface area contributed by atoms with Crippen LogP contribution in [0.3, 0.4) is 0 Å². The summed E-state index contributed by atoms with van der Waals surface area (Å²) in [5.74, 6) is -0.361. The molecule has 1 atom stereocenters. The second-order valence-corrected chi connectivity index (χ2v) is 7.50. The van der Waals surface area contributed by atoms with E-state index in [2.05, 4.69) is 5.32 Å². The third kappa shape index (κ3) is 5.47. The molecule has 0 heterocycles. The van der Waals surface area contributed by atoms with Crippen molar-refractivity contribution in [2.24, 2.45) is 0 Å². The highest BCUT2D eigenvalue weighted by atomic mass is 35.5. The van der Waals surface area contributed by atoms with Crippen LogP contribution in [0.4, 0.5) is 0 Å². The SMILES string of the molecule is CNC(=O)C(C)N(Cc1ccc(Cl)cc1Cl)C(=O)Cc1cc(C)ccc1C. The first kappa shape index (κ1) is 21.3. The fourth-order valence-electron chi connectivity index (χ4n) is 2.88.